The Kier molecular flexibility index (Phi) is 8.40. The van der Waals surface area contributed by atoms with E-state index < -0.39 is 0 Å². The molecule has 2 atom stereocenters. The van der Waals surface area contributed by atoms with Crippen LogP contribution in [0.2, 0.25) is 0 Å². The van der Waals surface area contributed by atoms with Crippen molar-refractivity contribution in [3.05, 3.63) is 35.9 Å². The highest BCUT2D eigenvalue weighted by atomic mass is 35.5. The molecule has 1 amide bonds. The molecule has 2 unspecified atom stereocenters. The minimum Gasteiger partial charge on any atom is -1.00 e. The number of hydrogen-bond donors (Lipinski definition) is 1. The summed E-state index contributed by atoms with van der Waals surface area (Å²) in [6.45, 7) is 4.70. The van der Waals surface area contributed by atoms with Crippen LogP contribution in [0.15, 0.2) is 30.3 Å². The van der Waals surface area contributed by atoms with Crippen molar-refractivity contribution in [1.82, 2.24) is 4.90 Å². The molecule has 0 bridgehead atoms. The Morgan fingerprint density at radius 2 is 1.74 bits per heavy atom. The maximum Gasteiger partial charge on any atom is 0.312 e. The summed E-state index contributed by atoms with van der Waals surface area (Å²) in [4.78, 5) is 28.6. The van der Waals surface area contributed by atoms with Crippen molar-refractivity contribution >= 4 is 11.9 Å². The lowest BCUT2D eigenvalue weighted by atomic mass is 9.63. The first-order valence-corrected chi connectivity index (χ1v) is 12.0. The van der Waals surface area contributed by atoms with Crippen molar-refractivity contribution in [3.63, 3.8) is 0 Å². The lowest BCUT2D eigenvalue weighted by molar-refractivity contribution is -0.678. The number of rotatable bonds is 5. The van der Waals surface area contributed by atoms with Crippen LogP contribution in [-0.4, -0.2) is 43.0 Å². The molecular weight excluding hydrogens is 412 g/mol. The zero-order valence-corrected chi connectivity index (χ0v) is 19.5. The third kappa shape index (κ3) is 4.93. The number of likely N-dealkylation sites (tertiary alicyclic amines) is 1. The highest BCUT2D eigenvalue weighted by Crippen LogP contribution is 2.47. The molecule has 172 valence electrons. The van der Waals surface area contributed by atoms with E-state index in [4.69, 9.17) is 4.74 Å². The average Bonchev–Trinajstić information content (AvgIpc) is 3.30. The summed E-state index contributed by atoms with van der Waals surface area (Å²) in [5.74, 6) is 0.718. The van der Waals surface area contributed by atoms with Crippen LogP contribution in [0.25, 0.3) is 0 Å². The van der Waals surface area contributed by atoms with Crippen molar-refractivity contribution < 1.29 is 32.0 Å². The van der Waals surface area contributed by atoms with Crippen LogP contribution in [-0.2, 0) is 14.3 Å². The molecule has 2 N–H and O–H groups in total. The third-order valence-corrected chi connectivity index (χ3v) is 7.87. The topological polar surface area (TPSA) is 63.2 Å². The number of esters is 1. The van der Waals surface area contributed by atoms with Crippen LogP contribution in [0.3, 0.4) is 0 Å². The number of benzene rings is 1. The van der Waals surface area contributed by atoms with E-state index in [0.717, 1.165) is 38.6 Å². The van der Waals surface area contributed by atoms with Gasteiger partial charge in [0.2, 0.25) is 5.91 Å². The Bertz CT molecular complexity index is 728. The first kappa shape index (κ1) is 24.1. The first-order valence-electron chi connectivity index (χ1n) is 12.0. The number of carbonyl (C=O) groups is 2. The molecule has 0 spiro atoms. The van der Waals surface area contributed by atoms with Gasteiger partial charge in [0.25, 0.3) is 0 Å². The van der Waals surface area contributed by atoms with E-state index in [1.165, 1.54) is 24.8 Å². The molecule has 31 heavy (non-hydrogen) atoms. The van der Waals surface area contributed by atoms with E-state index in [1.54, 1.807) is 0 Å². The molecule has 2 heterocycles. The maximum atomic E-state index is 13.5. The minimum atomic E-state index is -0.381. The second-order valence-corrected chi connectivity index (χ2v) is 9.39. The van der Waals surface area contributed by atoms with Gasteiger partial charge in [0.05, 0.1) is 24.5 Å². The van der Waals surface area contributed by atoms with E-state index in [9.17, 15) is 9.59 Å². The highest BCUT2D eigenvalue weighted by Gasteiger charge is 2.50. The Hall–Kier alpha value is -1.59. The van der Waals surface area contributed by atoms with Crippen LogP contribution in [0, 0.1) is 17.3 Å². The zero-order valence-electron chi connectivity index (χ0n) is 18.7. The molecule has 1 aromatic rings. The molecule has 6 heteroatoms. The number of quaternary nitrogens is 1. The second-order valence-electron chi connectivity index (χ2n) is 9.39. The number of nitrogens with two attached hydrogens (primary N) is 1. The van der Waals surface area contributed by atoms with Crippen LogP contribution in [0.4, 0.5) is 0 Å². The van der Waals surface area contributed by atoms with E-state index in [0.29, 0.717) is 25.6 Å². The smallest absolute Gasteiger partial charge is 0.312 e. The fraction of sp³-hybridized carbons (Fsp3) is 0.680. The standard InChI is InChI=1S/C25H36N2O3.ClH/c1-2-30-24(29)25(20-11-7-4-8-12-20)14-17-27(18-15-25)23(28)21-13-16-26-22(21)19-9-5-3-6-10-19;/h3,5-6,9-10,20-22,26H,2,4,7-8,11-18H2,1H3;1H. The van der Waals surface area contributed by atoms with E-state index >= 15 is 0 Å². The van der Waals surface area contributed by atoms with Gasteiger partial charge in [-0.05, 0) is 38.5 Å². The largest absolute Gasteiger partial charge is 1.00 e. The van der Waals surface area contributed by atoms with Crippen molar-refractivity contribution in [2.45, 2.75) is 64.3 Å². The summed E-state index contributed by atoms with van der Waals surface area (Å²) in [7, 11) is 0. The van der Waals surface area contributed by atoms with Gasteiger partial charge in [0, 0.05) is 25.1 Å². The summed E-state index contributed by atoms with van der Waals surface area (Å²) < 4.78 is 5.56. The summed E-state index contributed by atoms with van der Waals surface area (Å²) in [5.41, 5.74) is 0.863. The summed E-state index contributed by atoms with van der Waals surface area (Å²) in [6.07, 6.45) is 8.40. The number of hydrogen-bond acceptors (Lipinski definition) is 3. The monoisotopic (exact) mass is 448 g/mol. The highest BCUT2D eigenvalue weighted by molar-refractivity contribution is 5.81. The molecule has 3 aliphatic rings. The summed E-state index contributed by atoms with van der Waals surface area (Å²) in [6, 6.07) is 10.6. The molecule has 1 aromatic carbocycles. The van der Waals surface area contributed by atoms with Gasteiger partial charge in [-0.3, -0.25) is 9.59 Å². The van der Waals surface area contributed by atoms with Crippen molar-refractivity contribution in [1.29, 1.82) is 0 Å². The average molecular weight is 449 g/mol. The fourth-order valence-electron chi connectivity index (χ4n) is 6.19. The van der Waals surface area contributed by atoms with Gasteiger partial charge in [-0.2, -0.15) is 0 Å². The molecule has 5 nitrogen and oxygen atoms in total. The Labute approximate surface area is 192 Å². The number of ether oxygens (including phenoxy) is 1. The Morgan fingerprint density at radius 3 is 2.39 bits per heavy atom. The Morgan fingerprint density at radius 1 is 1.06 bits per heavy atom. The van der Waals surface area contributed by atoms with Crippen LogP contribution >= 0.6 is 0 Å². The zero-order chi connectivity index (χ0) is 21.0. The van der Waals surface area contributed by atoms with Gasteiger partial charge in [-0.1, -0.05) is 49.6 Å². The van der Waals surface area contributed by atoms with Crippen molar-refractivity contribution in [2.24, 2.45) is 17.3 Å². The number of carbonyl (C=O) groups excluding carboxylic acids is 2. The quantitative estimate of drug-likeness (QED) is 0.648. The number of nitrogens with zero attached hydrogens (tertiary/aromatic N) is 1. The van der Waals surface area contributed by atoms with Gasteiger partial charge in [0.1, 0.15) is 6.04 Å². The molecule has 1 aliphatic carbocycles. The fourth-order valence-corrected chi connectivity index (χ4v) is 6.19. The van der Waals surface area contributed by atoms with Crippen molar-refractivity contribution in [3.8, 4) is 0 Å². The molecule has 4 rings (SSSR count). The molecular formula is C25H37ClN2O3. The van der Waals surface area contributed by atoms with E-state index in [2.05, 4.69) is 29.6 Å². The maximum absolute atomic E-state index is 13.5. The second kappa shape index (κ2) is 10.8. The number of piperidine rings is 1. The van der Waals surface area contributed by atoms with Gasteiger partial charge < -0.3 is 27.4 Å². The lowest BCUT2D eigenvalue weighted by Gasteiger charge is -2.46. The minimum absolute atomic E-state index is 0. The summed E-state index contributed by atoms with van der Waals surface area (Å²) >= 11 is 0. The van der Waals surface area contributed by atoms with Gasteiger partial charge >= 0.3 is 5.97 Å². The van der Waals surface area contributed by atoms with Gasteiger partial charge in [0.15, 0.2) is 0 Å². The third-order valence-electron chi connectivity index (χ3n) is 7.87. The first-order chi connectivity index (χ1) is 14.7. The lowest BCUT2D eigenvalue weighted by Crippen LogP contribution is -3.00. The van der Waals surface area contributed by atoms with Crippen LogP contribution < -0.4 is 17.7 Å². The molecule has 0 radical (unpaired) electrons. The van der Waals surface area contributed by atoms with E-state index in [1.807, 2.05) is 17.9 Å². The predicted octanol–water partition coefficient (Wildman–Crippen LogP) is 0.0672. The van der Waals surface area contributed by atoms with Gasteiger partial charge in [-0.25, -0.2) is 0 Å². The number of halogens is 1. The van der Waals surface area contributed by atoms with E-state index in [-0.39, 0.29) is 41.7 Å². The summed E-state index contributed by atoms with van der Waals surface area (Å²) in [5, 5.41) is 2.31. The molecule has 2 saturated heterocycles. The van der Waals surface area contributed by atoms with Gasteiger partial charge in [-0.15, -0.1) is 0 Å². The molecule has 0 aromatic heterocycles. The Balaban J connectivity index is 0.00000272. The predicted molar refractivity (Wildman–Crippen MR) is 116 cm³/mol. The SMILES string of the molecule is CCOC(=O)C1(C2CCCCC2)CCN(C(=O)C2CC[NH2+]C2c2ccccc2)CC1.[Cl-]. The van der Waals surface area contributed by atoms with Crippen molar-refractivity contribution in [2.75, 3.05) is 26.2 Å². The molecule has 2 aliphatic heterocycles. The number of amides is 1. The normalized spacial score (nSPS) is 26.2. The van der Waals surface area contributed by atoms with Crippen LogP contribution in [0.5, 0.6) is 0 Å². The molecule has 1 saturated carbocycles. The van der Waals surface area contributed by atoms with Crippen LogP contribution in [0.1, 0.15) is 69.9 Å². The molecule has 3 fully saturated rings.